The van der Waals surface area contributed by atoms with Gasteiger partial charge in [0.25, 0.3) is 0 Å². The van der Waals surface area contributed by atoms with Gasteiger partial charge in [0.15, 0.2) is 0 Å². The number of fused-ring (bicyclic) bond motifs is 1. The summed E-state index contributed by atoms with van der Waals surface area (Å²) in [6.45, 7) is 0. The number of aldehydes is 1. The highest BCUT2D eigenvalue weighted by Crippen LogP contribution is 2.22. The van der Waals surface area contributed by atoms with E-state index in [9.17, 15) is 9.59 Å². The first kappa shape index (κ1) is 9.21. The molecule has 1 heterocycles. The van der Waals surface area contributed by atoms with Crippen LogP contribution in [0.2, 0.25) is 0 Å². The van der Waals surface area contributed by atoms with Crippen LogP contribution < -0.4 is 5.69 Å². The molecule has 0 fully saturated rings. The monoisotopic (exact) mass is 254 g/mol. The van der Waals surface area contributed by atoms with Crippen molar-refractivity contribution in [2.45, 2.75) is 0 Å². The van der Waals surface area contributed by atoms with Gasteiger partial charge in [-0.15, -0.1) is 0 Å². The Hall–Kier alpha value is -1.36. The Morgan fingerprint density at radius 1 is 1.50 bits per heavy atom. The molecule has 0 saturated heterocycles. The lowest BCUT2D eigenvalue weighted by atomic mass is 10.2. The zero-order valence-electron chi connectivity index (χ0n) is 7.37. The zero-order valence-corrected chi connectivity index (χ0v) is 8.96. The van der Waals surface area contributed by atoms with E-state index in [1.54, 1.807) is 19.2 Å². The predicted molar refractivity (Wildman–Crippen MR) is 56.6 cm³/mol. The number of H-pyrrole nitrogens is 1. The Labute approximate surface area is 87.7 Å². The lowest BCUT2D eigenvalue weighted by molar-refractivity contribution is 0.112. The molecule has 0 atom stereocenters. The summed E-state index contributed by atoms with van der Waals surface area (Å²) in [4.78, 5) is 24.5. The van der Waals surface area contributed by atoms with Crippen molar-refractivity contribution in [2.75, 3.05) is 0 Å². The number of rotatable bonds is 1. The molecule has 2 rings (SSSR count). The number of aryl methyl sites for hydroxylation is 1. The highest BCUT2D eigenvalue weighted by Gasteiger charge is 2.07. The van der Waals surface area contributed by atoms with Crippen LogP contribution in [0.25, 0.3) is 11.0 Å². The quantitative estimate of drug-likeness (QED) is 0.784. The van der Waals surface area contributed by atoms with E-state index >= 15 is 0 Å². The first-order valence-electron chi connectivity index (χ1n) is 3.97. The lowest BCUT2D eigenvalue weighted by Crippen LogP contribution is -2.11. The van der Waals surface area contributed by atoms with Crippen molar-refractivity contribution in [1.29, 1.82) is 0 Å². The molecule has 0 amide bonds. The number of aromatic amines is 1. The standard InChI is InChI=1S/C9H7BrN2O2/c1-12-8-6(10)2-5(4-13)3-7(8)11-9(12)14/h2-4H,1H3,(H,11,14). The first-order chi connectivity index (χ1) is 6.63. The smallest absolute Gasteiger partial charge is 0.305 e. The summed E-state index contributed by atoms with van der Waals surface area (Å²) in [5.74, 6) is 0. The topological polar surface area (TPSA) is 54.9 Å². The first-order valence-corrected chi connectivity index (χ1v) is 4.76. The minimum atomic E-state index is -0.191. The number of carbonyl (C=O) groups excluding carboxylic acids is 1. The fourth-order valence-electron chi connectivity index (χ4n) is 1.42. The van der Waals surface area contributed by atoms with Crippen molar-refractivity contribution in [3.63, 3.8) is 0 Å². The second-order valence-corrected chi connectivity index (χ2v) is 3.86. The Morgan fingerprint density at radius 3 is 2.86 bits per heavy atom. The van der Waals surface area contributed by atoms with Crippen molar-refractivity contribution < 1.29 is 4.79 Å². The predicted octanol–water partition coefficient (Wildman–Crippen LogP) is 1.44. The van der Waals surface area contributed by atoms with Gasteiger partial charge in [0, 0.05) is 17.1 Å². The van der Waals surface area contributed by atoms with Gasteiger partial charge in [-0.2, -0.15) is 0 Å². The maximum absolute atomic E-state index is 11.3. The van der Waals surface area contributed by atoms with Crippen LogP contribution in [0.15, 0.2) is 21.4 Å². The molecule has 1 N–H and O–H groups in total. The van der Waals surface area contributed by atoms with Crippen LogP contribution in [-0.2, 0) is 7.05 Å². The molecule has 0 aliphatic heterocycles. The Bertz CT molecular complexity index is 568. The summed E-state index contributed by atoms with van der Waals surface area (Å²) in [7, 11) is 1.67. The number of imidazole rings is 1. The van der Waals surface area contributed by atoms with Crippen LogP contribution in [0.5, 0.6) is 0 Å². The zero-order chi connectivity index (χ0) is 10.3. The van der Waals surface area contributed by atoms with Crippen LogP contribution in [-0.4, -0.2) is 15.8 Å². The van der Waals surface area contributed by atoms with Gasteiger partial charge in [-0.05, 0) is 28.1 Å². The van der Waals surface area contributed by atoms with Crippen LogP contribution >= 0.6 is 15.9 Å². The van der Waals surface area contributed by atoms with Gasteiger partial charge in [0.1, 0.15) is 6.29 Å². The Kier molecular flexibility index (Phi) is 2.03. The highest BCUT2D eigenvalue weighted by molar-refractivity contribution is 9.10. The minimum absolute atomic E-state index is 0.191. The Balaban J connectivity index is 2.96. The molecule has 5 heteroatoms. The average molecular weight is 255 g/mol. The molecule has 0 spiro atoms. The molecule has 1 aromatic heterocycles. The molecule has 1 aromatic carbocycles. The van der Waals surface area contributed by atoms with Crippen LogP contribution in [0.1, 0.15) is 10.4 Å². The molecule has 0 bridgehead atoms. The van der Waals surface area contributed by atoms with E-state index in [1.165, 1.54) is 4.57 Å². The number of aromatic nitrogens is 2. The molecule has 0 unspecified atom stereocenters. The van der Waals surface area contributed by atoms with Crippen LogP contribution in [0.3, 0.4) is 0 Å². The highest BCUT2D eigenvalue weighted by atomic mass is 79.9. The van der Waals surface area contributed by atoms with E-state index in [0.717, 1.165) is 16.3 Å². The minimum Gasteiger partial charge on any atom is -0.305 e. The van der Waals surface area contributed by atoms with Crippen LogP contribution in [0, 0.1) is 0 Å². The summed E-state index contributed by atoms with van der Waals surface area (Å²) < 4.78 is 2.23. The second kappa shape index (κ2) is 3.09. The van der Waals surface area contributed by atoms with Gasteiger partial charge in [0.05, 0.1) is 11.0 Å². The lowest BCUT2D eigenvalue weighted by Gasteiger charge is -1.98. The van der Waals surface area contributed by atoms with Gasteiger partial charge in [-0.3, -0.25) is 9.36 Å². The van der Waals surface area contributed by atoms with E-state index in [1.807, 2.05) is 0 Å². The van der Waals surface area contributed by atoms with Crippen molar-refractivity contribution in [3.8, 4) is 0 Å². The molecule has 0 saturated carbocycles. The van der Waals surface area contributed by atoms with E-state index in [2.05, 4.69) is 20.9 Å². The third kappa shape index (κ3) is 1.21. The number of carbonyl (C=O) groups is 1. The number of benzene rings is 1. The van der Waals surface area contributed by atoms with Crippen LogP contribution in [0.4, 0.5) is 0 Å². The third-order valence-corrected chi connectivity index (χ3v) is 2.71. The SMILES string of the molecule is Cn1c(=O)[nH]c2cc(C=O)cc(Br)c21. The summed E-state index contributed by atoms with van der Waals surface area (Å²) in [5, 5.41) is 0. The second-order valence-electron chi connectivity index (χ2n) is 3.01. The maximum atomic E-state index is 11.3. The summed E-state index contributed by atoms with van der Waals surface area (Å²) in [6.07, 6.45) is 0.746. The molecule has 2 aromatic rings. The fourth-order valence-corrected chi connectivity index (χ4v) is 2.17. The van der Waals surface area contributed by atoms with E-state index in [4.69, 9.17) is 0 Å². The largest absolute Gasteiger partial charge is 0.326 e. The number of nitrogens with zero attached hydrogens (tertiary/aromatic N) is 1. The normalized spacial score (nSPS) is 10.7. The van der Waals surface area contributed by atoms with E-state index in [0.29, 0.717) is 11.1 Å². The van der Waals surface area contributed by atoms with Crippen molar-refractivity contribution in [3.05, 3.63) is 32.7 Å². The summed E-state index contributed by atoms with van der Waals surface area (Å²) in [6, 6.07) is 3.33. The van der Waals surface area contributed by atoms with Crippen molar-refractivity contribution >= 4 is 33.2 Å². The van der Waals surface area contributed by atoms with Gasteiger partial charge in [0.2, 0.25) is 0 Å². The van der Waals surface area contributed by atoms with Crippen molar-refractivity contribution in [2.24, 2.45) is 7.05 Å². The molecule has 0 aliphatic carbocycles. The summed E-state index contributed by atoms with van der Waals surface area (Å²) in [5.41, 5.74) is 1.77. The van der Waals surface area contributed by atoms with Gasteiger partial charge >= 0.3 is 5.69 Å². The number of nitrogens with one attached hydrogen (secondary N) is 1. The van der Waals surface area contributed by atoms with E-state index in [-0.39, 0.29) is 5.69 Å². The molecule has 4 nitrogen and oxygen atoms in total. The van der Waals surface area contributed by atoms with E-state index < -0.39 is 0 Å². The van der Waals surface area contributed by atoms with Gasteiger partial charge < -0.3 is 4.98 Å². The van der Waals surface area contributed by atoms with Crippen molar-refractivity contribution in [1.82, 2.24) is 9.55 Å². The van der Waals surface area contributed by atoms with Gasteiger partial charge in [-0.25, -0.2) is 4.79 Å². The van der Waals surface area contributed by atoms with Gasteiger partial charge in [-0.1, -0.05) is 0 Å². The molecule has 0 radical (unpaired) electrons. The fraction of sp³-hybridized carbons (Fsp3) is 0.111. The number of hydrogen-bond acceptors (Lipinski definition) is 2. The average Bonchev–Trinajstić information content (AvgIpc) is 2.43. The maximum Gasteiger partial charge on any atom is 0.326 e. The molecule has 0 aliphatic rings. The summed E-state index contributed by atoms with van der Waals surface area (Å²) >= 11 is 3.31. The molecule has 14 heavy (non-hydrogen) atoms. The molecule has 72 valence electrons. The number of hydrogen-bond donors (Lipinski definition) is 1. The third-order valence-electron chi connectivity index (χ3n) is 2.10. The number of halogens is 1. The molecular weight excluding hydrogens is 248 g/mol. The Morgan fingerprint density at radius 2 is 2.21 bits per heavy atom. The molecular formula is C9H7BrN2O2.